The van der Waals surface area contributed by atoms with Gasteiger partial charge in [-0.3, -0.25) is 14.4 Å². The molecule has 8 nitrogen and oxygen atoms in total. The van der Waals surface area contributed by atoms with Gasteiger partial charge in [-0.15, -0.1) is 0 Å². The van der Waals surface area contributed by atoms with Crippen molar-refractivity contribution in [1.29, 1.82) is 0 Å². The largest absolute Gasteiger partial charge is 0.394 e. The zero-order valence-electron chi connectivity index (χ0n) is 12.8. The Morgan fingerprint density at radius 2 is 1.73 bits per heavy atom. The summed E-state index contributed by atoms with van der Waals surface area (Å²) in [5.74, 6) is -0.616. The van der Waals surface area contributed by atoms with Gasteiger partial charge < -0.3 is 25.2 Å². The summed E-state index contributed by atoms with van der Waals surface area (Å²) >= 11 is 0. The van der Waals surface area contributed by atoms with Crippen LogP contribution >= 0.6 is 0 Å². The molecular weight excluding hydrogens is 331 g/mol. The van der Waals surface area contributed by atoms with E-state index in [0.717, 1.165) is 0 Å². The number of Topliss-reactive ketones (excluding diaryl/α,β-unsaturated/α-hetero) is 1. The van der Waals surface area contributed by atoms with E-state index >= 15 is 0 Å². The molecule has 0 aromatic heterocycles. The summed E-state index contributed by atoms with van der Waals surface area (Å²) in [7, 11) is 0. The molecule has 0 aliphatic carbocycles. The average molecular weight is 355 g/mol. The third-order valence-electron chi connectivity index (χ3n) is 2.38. The van der Waals surface area contributed by atoms with Crippen molar-refractivity contribution in [2.45, 2.75) is 19.8 Å². The van der Waals surface area contributed by atoms with E-state index in [1.54, 1.807) is 6.92 Å². The number of aliphatic hydroxyl groups is 1. The second-order valence-electron chi connectivity index (χ2n) is 4.16. The second kappa shape index (κ2) is 16.4. The molecule has 9 heteroatoms. The molecular formula is C13H24N2O6V. The first kappa shape index (κ1) is 23.3. The summed E-state index contributed by atoms with van der Waals surface area (Å²) in [5.41, 5.74) is 0. The molecule has 0 saturated heterocycles. The number of carbonyl (C=O) groups is 3. The Hall–Kier alpha value is -0.926. The molecule has 0 rings (SSSR count). The van der Waals surface area contributed by atoms with E-state index in [-0.39, 0.29) is 88.7 Å². The fraction of sp³-hybridized carbons (Fsp3) is 0.769. The van der Waals surface area contributed by atoms with Crippen molar-refractivity contribution < 1.29 is 47.5 Å². The molecule has 0 bridgehead atoms. The summed E-state index contributed by atoms with van der Waals surface area (Å²) in [5, 5.41) is 13.5. The van der Waals surface area contributed by atoms with E-state index in [2.05, 4.69) is 10.6 Å². The summed E-state index contributed by atoms with van der Waals surface area (Å²) < 4.78 is 9.97. The van der Waals surface area contributed by atoms with Crippen LogP contribution in [0.4, 0.5) is 0 Å². The first-order chi connectivity index (χ1) is 10.1. The standard InChI is InChI=1S/C13H24N2O6.V/c1-2-11(17)10-21-7-4-14-13(19)9-15-12(18)3-6-20-8-5-16;/h16H,2-10H2,1H3,(H,14,19)(H,15,18);. The molecule has 0 aromatic rings. The zero-order valence-corrected chi connectivity index (χ0v) is 14.2. The molecule has 0 aliphatic heterocycles. The van der Waals surface area contributed by atoms with Gasteiger partial charge in [-0.25, -0.2) is 0 Å². The minimum Gasteiger partial charge on any atom is -0.394 e. The molecule has 0 aliphatic rings. The Balaban J connectivity index is 0. The molecule has 1 radical (unpaired) electrons. The van der Waals surface area contributed by atoms with Gasteiger partial charge in [0, 0.05) is 37.9 Å². The minimum atomic E-state index is -0.329. The van der Waals surface area contributed by atoms with E-state index < -0.39 is 0 Å². The molecule has 127 valence electrons. The second-order valence-corrected chi connectivity index (χ2v) is 4.16. The average Bonchev–Trinajstić information content (AvgIpc) is 2.48. The Morgan fingerprint density at radius 3 is 2.36 bits per heavy atom. The van der Waals surface area contributed by atoms with Gasteiger partial charge in [0.05, 0.1) is 33.0 Å². The van der Waals surface area contributed by atoms with Crippen molar-refractivity contribution in [1.82, 2.24) is 10.6 Å². The number of ether oxygens (including phenoxy) is 2. The third kappa shape index (κ3) is 15.5. The van der Waals surface area contributed by atoms with E-state index in [1.807, 2.05) is 0 Å². The fourth-order valence-electron chi connectivity index (χ4n) is 1.21. The van der Waals surface area contributed by atoms with Gasteiger partial charge in [0.1, 0.15) is 6.61 Å². The zero-order chi connectivity index (χ0) is 15.9. The van der Waals surface area contributed by atoms with Gasteiger partial charge in [-0.2, -0.15) is 0 Å². The maximum absolute atomic E-state index is 11.4. The topological polar surface area (TPSA) is 114 Å². The van der Waals surface area contributed by atoms with Crippen molar-refractivity contribution in [3.63, 3.8) is 0 Å². The van der Waals surface area contributed by atoms with Crippen LogP contribution in [-0.4, -0.2) is 68.8 Å². The van der Waals surface area contributed by atoms with E-state index in [1.165, 1.54) is 0 Å². The fourth-order valence-corrected chi connectivity index (χ4v) is 1.21. The van der Waals surface area contributed by atoms with Crippen LogP contribution in [0.25, 0.3) is 0 Å². The van der Waals surface area contributed by atoms with Gasteiger partial charge in [-0.1, -0.05) is 6.92 Å². The molecule has 3 N–H and O–H groups in total. The number of ketones is 1. The van der Waals surface area contributed by atoms with Crippen LogP contribution in [0.15, 0.2) is 0 Å². The number of nitrogens with one attached hydrogen (secondary N) is 2. The third-order valence-corrected chi connectivity index (χ3v) is 2.38. The summed E-state index contributed by atoms with van der Waals surface area (Å²) in [6.45, 7) is 2.53. The molecule has 0 atom stereocenters. The van der Waals surface area contributed by atoms with Crippen molar-refractivity contribution >= 4 is 17.6 Å². The van der Waals surface area contributed by atoms with Crippen LogP contribution in [0.3, 0.4) is 0 Å². The molecule has 0 saturated carbocycles. The number of rotatable bonds is 13. The number of amides is 2. The van der Waals surface area contributed by atoms with E-state index in [0.29, 0.717) is 6.42 Å². The molecule has 22 heavy (non-hydrogen) atoms. The summed E-state index contributed by atoms with van der Waals surface area (Å²) in [6.07, 6.45) is 0.565. The van der Waals surface area contributed by atoms with E-state index in [9.17, 15) is 14.4 Å². The number of hydrogen-bond acceptors (Lipinski definition) is 6. The van der Waals surface area contributed by atoms with Gasteiger partial charge in [0.15, 0.2) is 5.78 Å². The molecule has 0 spiro atoms. The van der Waals surface area contributed by atoms with Gasteiger partial charge in [0.2, 0.25) is 11.8 Å². The van der Waals surface area contributed by atoms with Gasteiger partial charge >= 0.3 is 0 Å². The van der Waals surface area contributed by atoms with Crippen molar-refractivity contribution in [2.24, 2.45) is 0 Å². The maximum Gasteiger partial charge on any atom is 0.239 e. The first-order valence-electron chi connectivity index (χ1n) is 6.91. The van der Waals surface area contributed by atoms with Crippen LogP contribution in [0.1, 0.15) is 19.8 Å². The van der Waals surface area contributed by atoms with Crippen LogP contribution < -0.4 is 10.6 Å². The monoisotopic (exact) mass is 355 g/mol. The Labute approximate surface area is 142 Å². The van der Waals surface area contributed by atoms with E-state index in [4.69, 9.17) is 14.6 Å². The molecule has 0 heterocycles. The van der Waals surface area contributed by atoms with Crippen LogP contribution in [0.2, 0.25) is 0 Å². The number of aliphatic hydroxyl groups excluding tert-OH is 1. The quantitative estimate of drug-likeness (QED) is 0.351. The normalized spacial score (nSPS) is 9.73. The van der Waals surface area contributed by atoms with Crippen LogP contribution in [-0.2, 0) is 42.4 Å². The molecule has 0 unspecified atom stereocenters. The summed E-state index contributed by atoms with van der Waals surface area (Å²) in [4.78, 5) is 33.6. The van der Waals surface area contributed by atoms with Gasteiger partial charge in [0.25, 0.3) is 0 Å². The Kier molecular flexibility index (Phi) is 17.4. The van der Waals surface area contributed by atoms with Crippen LogP contribution in [0, 0.1) is 0 Å². The minimum absolute atomic E-state index is 0. The van der Waals surface area contributed by atoms with Crippen molar-refractivity contribution in [3.8, 4) is 0 Å². The molecule has 0 fully saturated rings. The molecule has 0 aromatic carbocycles. The SMILES string of the molecule is CCC(=O)COCCNC(=O)CNC(=O)CCOCCO.[V]. The predicted octanol–water partition coefficient (Wildman–Crippen LogP) is -1.39. The maximum atomic E-state index is 11.4. The van der Waals surface area contributed by atoms with Crippen molar-refractivity contribution in [2.75, 3.05) is 46.1 Å². The Morgan fingerprint density at radius 1 is 1.00 bits per heavy atom. The smallest absolute Gasteiger partial charge is 0.239 e. The first-order valence-corrected chi connectivity index (χ1v) is 6.91. The predicted molar refractivity (Wildman–Crippen MR) is 74.7 cm³/mol. The Bertz CT molecular complexity index is 328. The van der Waals surface area contributed by atoms with Crippen molar-refractivity contribution in [3.05, 3.63) is 0 Å². The molecule has 2 amide bonds. The van der Waals surface area contributed by atoms with Crippen LogP contribution in [0.5, 0.6) is 0 Å². The van der Waals surface area contributed by atoms with Gasteiger partial charge in [-0.05, 0) is 0 Å². The number of hydrogen-bond donors (Lipinski definition) is 3. The number of carbonyl (C=O) groups excluding carboxylic acids is 3. The summed E-state index contributed by atoms with van der Waals surface area (Å²) in [6, 6.07) is 0.